The molecule has 2 aromatic carbocycles. The highest BCUT2D eigenvalue weighted by Crippen LogP contribution is 2.24. The van der Waals surface area contributed by atoms with Crippen LogP contribution in [0.4, 0.5) is 0 Å². The van der Waals surface area contributed by atoms with Crippen LogP contribution in [0, 0.1) is 13.8 Å². The lowest BCUT2D eigenvalue weighted by molar-refractivity contribution is -0.141. The van der Waals surface area contributed by atoms with Gasteiger partial charge in [0.15, 0.2) is 4.80 Å². The number of benzene rings is 2. The number of hydrogen-bond donors (Lipinski definition) is 0. The third kappa shape index (κ3) is 5.07. The molecule has 3 rings (SSSR count). The van der Waals surface area contributed by atoms with Crippen molar-refractivity contribution in [2.75, 3.05) is 14.2 Å². The number of nitrogens with zero attached hydrogens (tertiary/aromatic N) is 3. The van der Waals surface area contributed by atoms with Gasteiger partial charge >= 0.3 is 5.97 Å². The van der Waals surface area contributed by atoms with E-state index < -0.39 is 21.9 Å². The molecule has 0 atom stereocenters. The van der Waals surface area contributed by atoms with Crippen LogP contribution in [-0.2, 0) is 26.1 Å². The Labute approximate surface area is 197 Å². The number of amides is 1. The van der Waals surface area contributed by atoms with Crippen molar-refractivity contribution in [3.8, 4) is 0 Å². The van der Waals surface area contributed by atoms with Crippen LogP contribution in [0.25, 0.3) is 10.2 Å². The normalized spacial score (nSPS) is 12.7. The average molecular weight is 490 g/mol. The first-order valence-corrected chi connectivity index (χ1v) is 12.6. The van der Waals surface area contributed by atoms with Crippen LogP contribution in [0.1, 0.15) is 35.3 Å². The second kappa shape index (κ2) is 9.58. The number of rotatable bonds is 6. The molecule has 0 saturated carbocycles. The quantitative estimate of drug-likeness (QED) is 0.495. The van der Waals surface area contributed by atoms with Gasteiger partial charge in [0.1, 0.15) is 6.54 Å². The SMILES string of the molecule is COC(=O)Cn1c(=NC(=O)c2ccc(S(=O)(=O)N(C)C(C)C)cc2)sc2c(C)cc(C)cc21. The zero-order chi connectivity index (χ0) is 24.5. The van der Waals surface area contributed by atoms with Gasteiger partial charge in [-0.15, -0.1) is 0 Å². The van der Waals surface area contributed by atoms with Gasteiger partial charge in [-0.3, -0.25) is 9.59 Å². The van der Waals surface area contributed by atoms with E-state index in [9.17, 15) is 18.0 Å². The zero-order valence-corrected chi connectivity index (χ0v) is 21.1. The molecule has 0 radical (unpaired) electrons. The second-order valence-corrected chi connectivity index (χ2v) is 11.0. The van der Waals surface area contributed by atoms with E-state index in [1.54, 1.807) is 18.4 Å². The fourth-order valence-corrected chi connectivity index (χ4v) is 5.75. The minimum atomic E-state index is -3.65. The van der Waals surface area contributed by atoms with Crippen molar-refractivity contribution in [3.05, 3.63) is 57.9 Å². The Bertz CT molecular complexity index is 1380. The minimum Gasteiger partial charge on any atom is -0.468 e. The summed E-state index contributed by atoms with van der Waals surface area (Å²) in [6, 6.07) is 9.46. The van der Waals surface area contributed by atoms with E-state index in [-0.39, 0.29) is 23.0 Å². The van der Waals surface area contributed by atoms with Gasteiger partial charge in [-0.05, 0) is 69.2 Å². The first kappa shape index (κ1) is 24.8. The van der Waals surface area contributed by atoms with Crippen LogP contribution in [0.3, 0.4) is 0 Å². The van der Waals surface area contributed by atoms with E-state index in [2.05, 4.69) is 4.99 Å². The van der Waals surface area contributed by atoms with Crippen LogP contribution in [-0.4, -0.2) is 49.4 Å². The first-order valence-electron chi connectivity index (χ1n) is 10.3. The van der Waals surface area contributed by atoms with Crippen molar-refractivity contribution in [2.45, 2.75) is 45.2 Å². The summed E-state index contributed by atoms with van der Waals surface area (Å²) in [4.78, 5) is 29.6. The Morgan fingerprint density at radius 3 is 2.36 bits per heavy atom. The van der Waals surface area contributed by atoms with Gasteiger partial charge in [0.05, 0.1) is 22.2 Å². The molecule has 0 unspecified atom stereocenters. The Kier molecular flexibility index (Phi) is 7.20. The molecule has 0 spiro atoms. The highest BCUT2D eigenvalue weighted by Gasteiger charge is 2.23. The van der Waals surface area contributed by atoms with E-state index in [1.807, 2.05) is 26.0 Å². The largest absolute Gasteiger partial charge is 0.468 e. The number of aromatic nitrogens is 1. The first-order chi connectivity index (χ1) is 15.4. The fourth-order valence-electron chi connectivity index (χ4n) is 3.31. The Balaban J connectivity index is 2.05. The van der Waals surface area contributed by atoms with Crippen LogP contribution in [0.15, 0.2) is 46.3 Å². The lowest BCUT2D eigenvalue weighted by Gasteiger charge is -2.20. The smallest absolute Gasteiger partial charge is 0.325 e. The number of ether oxygens (including phenoxy) is 1. The van der Waals surface area contributed by atoms with Crippen LogP contribution >= 0.6 is 11.3 Å². The van der Waals surface area contributed by atoms with Gasteiger partial charge in [0.25, 0.3) is 5.91 Å². The molecule has 176 valence electrons. The van der Waals surface area contributed by atoms with Gasteiger partial charge in [0.2, 0.25) is 10.0 Å². The molecule has 10 heteroatoms. The molecule has 0 fully saturated rings. The number of hydrogen-bond acceptors (Lipinski definition) is 6. The lowest BCUT2D eigenvalue weighted by Crippen LogP contribution is -2.33. The molecule has 0 bridgehead atoms. The van der Waals surface area contributed by atoms with Crippen molar-refractivity contribution in [2.24, 2.45) is 4.99 Å². The molecule has 1 heterocycles. The minimum absolute atomic E-state index is 0.0791. The van der Waals surface area contributed by atoms with E-state index in [4.69, 9.17) is 4.74 Å². The molecule has 0 aliphatic rings. The third-order valence-electron chi connectivity index (χ3n) is 5.33. The van der Waals surface area contributed by atoms with Crippen molar-refractivity contribution in [1.82, 2.24) is 8.87 Å². The van der Waals surface area contributed by atoms with Crippen LogP contribution in [0.2, 0.25) is 0 Å². The van der Waals surface area contributed by atoms with Gasteiger partial charge in [-0.1, -0.05) is 17.4 Å². The van der Waals surface area contributed by atoms with Gasteiger partial charge in [0, 0.05) is 18.7 Å². The summed E-state index contributed by atoms with van der Waals surface area (Å²) in [7, 11) is -0.830. The molecule has 1 amide bonds. The van der Waals surface area contributed by atoms with Gasteiger partial charge in [-0.25, -0.2) is 8.42 Å². The van der Waals surface area contributed by atoms with Crippen molar-refractivity contribution in [3.63, 3.8) is 0 Å². The summed E-state index contributed by atoms with van der Waals surface area (Å²) in [5, 5.41) is 0. The predicted octanol–water partition coefficient (Wildman–Crippen LogP) is 3.26. The number of carbonyl (C=O) groups is 2. The fraction of sp³-hybridized carbons (Fsp3) is 0.348. The van der Waals surface area contributed by atoms with Gasteiger partial charge in [-0.2, -0.15) is 9.30 Å². The standard InChI is InChI=1S/C23H27N3O5S2/c1-14(2)25(5)33(29,30)18-9-7-17(8-10-18)22(28)24-23-26(13-20(27)31-6)19-12-15(3)11-16(4)21(19)32-23/h7-12,14H,13H2,1-6H3. The van der Waals surface area contributed by atoms with Crippen molar-refractivity contribution in [1.29, 1.82) is 0 Å². The summed E-state index contributed by atoms with van der Waals surface area (Å²) in [5.74, 6) is -0.984. The Morgan fingerprint density at radius 1 is 1.15 bits per heavy atom. The van der Waals surface area contributed by atoms with E-state index in [0.717, 1.165) is 21.3 Å². The molecule has 0 aliphatic heterocycles. The highest BCUT2D eigenvalue weighted by molar-refractivity contribution is 7.89. The number of methoxy groups -OCH3 is 1. The maximum absolute atomic E-state index is 12.9. The number of esters is 1. The maximum Gasteiger partial charge on any atom is 0.325 e. The molecule has 1 aromatic heterocycles. The second-order valence-electron chi connectivity index (χ2n) is 8.03. The third-order valence-corrected chi connectivity index (χ3v) is 8.61. The number of carbonyl (C=O) groups excluding carboxylic acids is 2. The van der Waals surface area contributed by atoms with Gasteiger partial charge < -0.3 is 9.30 Å². The average Bonchev–Trinajstić information content (AvgIpc) is 3.10. The molecule has 0 aliphatic carbocycles. The molecule has 3 aromatic rings. The maximum atomic E-state index is 12.9. The summed E-state index contributed by atoms with van der Waals surface area (Å²) in [6.07, 6.45) is 0. The highest BCUT2D eigenvalue weighted by atomic mass is 32.2. The van der Waals surface area contributed by atoms with E-state index in [1.165, 1.54) is 54.1 Å². The number of thiazole rings is 1. The molecule has 8 nitrogen and oxygen atoms in total. The monoisotopic (exact) mass is 489 g/mol. The molecular weight excluding hydrogens is 462 g/mol. The Morgan fingerprint density at radius 2 is 1.79 bits per heavy atom. The molecule has 0 saturated heterocycles. The van der Waals surface area contributed by atoms with E-state index >= 15 is 0 Å². The number of fused-ring (bicyclic) bond motifs is 1. The number of sulfonamides is 1. The Hall–Kier alpha value is -2.82. The molecular formula is C23H27N3O5S2. The predicted molar refractivity (Wildman–Crippen MR) is 128 cm³/mol. The summed E-state index contributed by atoms with van der Waals surface area (Å²) in [5.41, 5.74) is 3.09. The lowest BCUT2D eigenvalue weighted by atomic mass is 10.1. The molecule has 0 N–H and O–H groups in total. The molecule has 33 heavy (non-hydrogen) atoms. The summed E-state index contributed by atoms with van der Waals surface area (Å²) < 4.78 is 34.0. The van der Waals surface area contributed by atoms with Crippen LogP contribution < -0.4 is 4.80 Å². The zero-order valence-electron chi connectivity index (χ0n) is 19.4. The summed E-state index contributed by atoms with van der Waals surface area (Å²) in [6.45, 7) is 7.41. The summed E-state index contributed by atoms with van der Waals surface area (Å²) >= 11 is 1.31. The topological polar surface area (TPSA) is 98.0 Å². The van der Waals surface area contributed by atoms with Crippen molar-refractivity contribution < 1.29 is 22.7 Å². The van der Waals surface area contributed by atoms with E-state index in [0.29, 0.717) is 4.80 Å². The van der Waals surface area contributed by atoms with Crippen LogP contribution in [0.5, 0.6) is 0 Å². The van der Waals surface area contributed by atoms with Crippen molar-refractivity contribution >= 4 is 43.5 Å². The number of aryl methyl sites for hydroxylation is 2.